The van der Waals surface area contributed by atoms with E-state index in [9.17, 15) is 19.2 Å². The van der Waals surface area contributed by atoms with Gasteiger partial charge < -0.3 is 32.1 Å². The number of nitrogens with zero attached hydrogens (tertiary/aromatic N) is 6. The summed E-state index contributed by atoms with van der Waals surface area (Å²) in [6.45, 7) is 0. The van der Waals surface area contributed by atoms with Crippen molar-refractivity contribution in [2.75, 3.05) is 10.6 Å². The number of aromatic nitrogens is 8. The molecule has 4 amide bonds. The van der Waals surface area contributed by atoms with E-state index in [0.29, 0.717) is 96.4 Å². The van der Waals surface area contributed by atoms with Gasteiger partial charge in [0.25, 0.3) is 0 Å². The zero-order chi connectivity index (χ0) is 35.7. The molecule has 0 saturated heterocycles. The number of benzene rings is 4. The first kappa shape index (κ1) is 30.2. The first-order valence-electron chi connectivity index (χ1n) is 15.7. The van der Waals surface area contributed by atoms with E-state index in [1.165, 1.54) is 0 Å². The number of anilines is 2. The van der Waals surface area contributed by atoms with Crippen molar-refractivity contribution in [3.63, 3.8) is 0 Å². The maximum Gasteiger partial charge on any atom is 0.248 e. The van der Waals surface area contributed by atoms with Gasteiger partial charge in [-0.3, -0.25) is 19.2 Å². The van der Waals surface area contributed by atoms with Crippen molar-refractivity contribution in [3.8, 4) is 45.6 Å². The van der Waals surface area contributed by atoms with Crippen molar-refractivity contribution in [1.82, 2.24) is 39.9 Å². The lowest BCUT2D eigenvalue weighted by Crippen LogP contribution is -2.10. The Morgan fingerprint density at radius 1 is 0.481 bits per heavy atom. The highest BCUT2D eigenvalue weighted by Gasteiger charge is 2.24. The summed E-state index contributed by atoms with van der Waals surface area (Å²) in [6.07, 6.45) is 1.15. The summed E-state index contributed by atoms with van der Waals surface area (Å²) in [5.74, 6) is -0.162. The summed E-state index contributed by atoms with van der Waals surface area (Å²) < 4.78 is 0. The highest BCUT2D eigenvalue weighted by molar-refractivity contribution is 6.09. The van der Waals surface area contributed by atoms with Gasteiger partial charge in [0.05, 0.1) is 0 Å². The molecule has 8 N–H and O–H groups in total. The second-order valence-electron chi connectivity index (χ2n) is 11.9. The molecule has 0 atom stereocenters. The lowest BCUT2D eigenvalue weighted by Gasteiger charge is -2.02. The third-order valence-electron chi connectivity index (χ3n) is 8.85. The third-order valence-corrected chi connectivity index (χ3v) is 8.85. The van der Waals surface area contributed by atoms with Gasteiger partial charge in [0.15, 0.2) is 23.3 Å². The minimum absolute atomic E-state index is 0.232. The largest absolute Gasteiger partial charge is 0.366 e. The minimum atomic E-state index is -0.629. The van der Waals surface area contributed by atoms with E-state index in [4.69, 9.17) is 41.4 Å². The number of carbonyl (C=O) groups excluding carboxylic acids is 4. The molecule has 0 unspecified atom stereocenters. The number of fused-ring (bicyclic) bond motifs is 20. The first-order chi connectivity index (χ1) is 25.3. The Labute approximate surface area is 290 Å². The van der Waals surface area contributed by atoms with Crippen molar-refractivity contribution in [2.24, 2.45) is 11.5 Å². The van der Waals surface area contributed by atoms with Crippen LogP contribution >= 0.6 is 0 Å². The van der Waals surface area contributed by atoms with Gasteiger partial charge in [-0.1, -0.05) is 0 Å². The van der Waals surface area contributed by atoms with E-state index in [-0.39, 0.29) is 28.6 Å². The summed E-state index contributed by atoms with van der Waals surface area (Å²) in [7, 11) is 0. The van der Waals surface area contributed by atoms with Crippen molar-refractivity contribution in [2.45, 2.75) is 0 Å². The average Bonchev–Trinajstić information content (AvgIpc) is 3.86. The van der Waals surface area contributed by atoms with Crippen molar-refractivity contribution in [1.29, 1.82) is 0 Å². The number of H-pyrrole nitrogens is 2. The molecule has 0 spiro atoms. The number of hydrogen-bond donors (Lipinski definition) is 6. The fraction of sp³-hybridized carbons (Fsp3) is 0. The smallest absolute Gasteiger partial charge is 0.248 e. The number of amides is 4. The van der Waals surface area contributed by atoms with Gasteiger partial charge in [-0.05, 0) is 72.8 Å². The van der Waals surface area contributed by atoms with Crippen molar-refractivity contribution < 1.29 is 19.2 Å². The van der Waals surface area contributed by atoms with Gasteiger partial charge in [-0.25, -0.2) is 29.9 Å². The third kappa shape index (κ3) is 4.78. The molecule has 7 aromatic rings. The fourth-order valence-corrected chi connectivity index (χ4v) is 6.42. The molecular weight excluding hydrogens is 664 g/mol. The van der Waals surface area contributed by atoms with Crippen LogP contribution < -0.4 is 22.1 Å². The van der Waals surface area contributed by atoms with E-state index >= 15 is 0 Å². The second-order valence-corrected chi connectivity index (χ2v) is 11.9. The average molecular weight is 687 g/mol. The standard InChI is InChI=1S/C36H22N12O4/c37-27(51)15-1-5-19-23(9-15)34-42-29(19)41-33-24-10-16(28(38)52)2-6-20(24)30(43-33)45-35-26-12-18(40-14-50)4-8-22(26)32(47-35)48-36-25-11-17(39-13-49)3-7-21(25)31(44-34)46-36/h1-14H,(H2,37,51)(H2,38,52)(H,39,49)(H,40,50)(H2,41,42,43,44,45,46,47,48). The number of rotatable bonds is 6. The van der Waals surface area contributed by atoms with Crippen molar-refractivity contribution >= 4 is 80.1 Å². The molecule has 0 aliphatic carbocycles. The first-order valence-corrected chi connectivity index (χ1v) is 15.7. The van der Waals surface area contributed by atoms with E-state index < -0.39 is 11.8 Å². The molecule has 16 nitrogen and oxygen atoms in total. The van der Waals surface area contributed by atoms with Gasteiger partial charge in [-0.15, -0.1) is 0 Å². The Morgan fingerprint density at radius 3 is 1.48 bits per heavy atom. The van der Waals surface area contributed by atoms with Crippen LogP contribution in [0, 0.1) is 0 Å². The van der Waals surface area contributed by atoms with Crippen LogP contribution in [0.4, 0.5) is 11.4 Å². The molecule has 5 heterocycles. The van der Waals surface area contributed by atoms with E-state index in [1.807, 2.05) is 0 Å². The lowest BCUT2D eigenvalue weighted by atomic mass is 10.0. The van der Waals surface area contributed by atoms with Crippen LogP contribution in [0.3, 0.4) is 0 Å². The summed E-state index contributed by atoms with van der Waals surface area (Å²) in [5, 5.41) is 7.75. The predicted molar refractivity (Wildman–Crippen MR) is 192 cm³/mol. The Hall–Kier alpha value is -7.88. The molecule has 0 saturated carbocycles. The molecule has 2 aliphatic rings. The molecule has 250 valence electrons. The molecule has 3 aromatic heterocycles. The number of nitrogens with one attached hydrogen (secondary N) is 4. The molecule has 16 heteroatoms. The molecule has 0 fully saturated rings. The topological polar surface area (TPSA) is 253 Å². The number of primary amides is 2. The molecule has 4 aromatic carbocycles. The summed E-state index contributed by atoms with van der Waals surface area (Å²) in [4.78, 5) is 83.0. The zero-order valence-corrected chi connectivity index (χ0v) is 26.6. The van der Waals surface area contributed by atoms with E-state index in [0.717, 1.165) is 0 Å². The van der Waals surface area contributed by atoms with Gasteiger partial charge in [0, 0.05) is 66.3 Å². The van der Waals surface area contributed by atoms with Crippen LogP contribution in [0.5, 0.6) is 0 Å². The van der Waals surface area contributed by atoms with Crippen LogP contribution in [0.25, 0.3) is 89.7 Å². The molecule has 2 aliphatic heterocycles. The minimum Gasteiger partial charge on any atom is -0.366 e. The number of aromatic amines is 2. The summed E-state index contributed by atoms with van der Waals surface area (Å²) >= 11 is 0. The predicted octanol–water partition coefficient (Wildman–Crippen LogP) is 4.20. The van der Waals surface area contributed by atoms with Crippen LogP contribution in [-0.4, -0.2) is 64.5 Å². The van der Waals surface area contributed by atoms with Gasteiger partial charge >= 0.3 is 0 Å². The molecule has 9 rings (SSSR count). The SMILES string of the molecule is NC(=O)c1ccc2c(c1)-c1nc-2nc2[nH]c(nc3nc(nc4[nH]c(n1)c1ccc(C(N)=O)cc41)-c1ccc(NC=O)cc1-3)c1ccc(NC=O)cc21. The number of hydrogen-bond acceptors (Lipinski definition) is 10. The Balaban J connectivity index is 1.47. The Kier molecular flexibility index (Phi) is 6.59. The van der Waals surface area contributed by atoms with Crippen molar-refractivity contribution in [3.05, 3.63) is 83.9 Å². The summed E-state index contributed by atoms with van der Waals surface area (Å²) in [6, 6.07) is 20.3. The molecule has 0 radical (unpaired) electrons. The van der Waals surface area contributed by atoms with E-state index in [1.54, 1.807) is 72.8 Å². The van der Waals surface area contributed by atoms with Gasteiger partial charge in [0.1, 0.15) is 22.6 Å². The second kappa shape index (κ2) is 11.3. The van der Waals surface area contributed by atoms with Gasteiger partial charge in [0.2, 0.25) is 24.6 Å². The maximum absolute atomic E-state index is 12.2. The van der Waals surface area contributed by atoms with Gasteiger partial charge in [-0.2, -0.15) is 0 Å². The zero-order valence-electron chi connectivity index (χ0n) is 26.6. The molecule has 52 heavy (non-hydrogen) atoms. The number of nitrogens with two attached hydrogens (primary N) is 2. The number of carbonyl (C=O) groups is 4. The van der Waals surface area contributed by atoms with Crippen LogP contribution in [0.2, 0.25) is 0 Å². The summed E-state index contributed by atoms with van der Waals surface area (Å²) in [5.41, 5.74) is 16.6. The highest BCUT2D eigenvalue weighted by atomic mass is 16.1. The fourth-order valence-electron chi connectivity index (χ4n) is 6.42. The normalized spacial score (nSPS) is 11.5. The lowest BCUT2D eigenvalue weighted by molar-refractivity contribution is -0.106. The Bertz CT molecular complexity index is 2930. The van der Waals surface area contributed by atoms with Crippen LogP contribution in [0.1, 0.15) is 20.7 Å². The molecular formula is C36H22N12O4. The van der Waals surface area contributed by atoms with Crippen LogP contribution in [-0.2, 0) is 9.59 Å². The molecule has 8 bridgehead atoms. The maximum atomic E-state index is 12.2. The monoisotopic (exact) mass is 686 g/mol. The van der Waals surface area contributed by atoms with Crippen LogP contribution in [0.15, 0.2) is 72.8 Å². The van der Waals surface area contributed by atoms with E-state index in [2.05, 4.69) is 20.6 Å². The highest BCUT2D eigenvalue weighted by Crippen LogP contribution is 2.38. The Morgan fingerprint density at radius 2 is 0.904 bits per heavy atom. The quantitative estimate of drug-likeness (QED) is 0.136.